The summed E-state index contributed by atoms with van der Waals surface area (Å²) in [6.45, 7) is 7.78. The summed E-state index contributed by atoms with van der Waals surface area (Å²) < 4.78 is 0. The second kappa shape index (κ2) is 7.99. The van der Waals surface area contributed by atoms with E-state index in [2.05, 4.69) is 29.4 Å². The molecule has 0 saturated heterocycles. The van der Waals surface area contributed by atoms with Crippen LogP contribution in [0, 0.1) is 11.3 Å². The molecular formula is C13H27N3O3. The first-order valence-corrected chi connectivity index (χ1v) is 6.50. The van der Waals surface area contributed by atoms with E-state index in [0.717, 1.165) is 6.54 Å². The van der Waals surface area contributed by atoms with Crippen LogP contribution < -0.4 is 10.6 Å². The van der Waals surface area contributed by atoms with E-state index in [0.29, 0.717) is 13.1 Å². The van der Waals surface area contributed by atoms with Gasteiger partial charge in [0.25, 0.3) is 0 Å². The van der Waals surface area contributed by atoms with E-state index in [9.17, 15) is 9.59 Å². The quantitative estimate of drug-likeness (QED) is 0.616. The van der Waals surface area contributed by atoms with E-state index < -0.39 is 5.97 Å². The lowest BCUT2D eigenvalue weighted by molar-refractivity contribution is -0.137. The van der Waals surface area contributed by atoms with E-state index in [1.165, 1.54) is 0 Å². The fourth-order valence-electron chi connectivity index (χ4n) is 1.93. The van der Waals surface area contributed by atoms with Gasteiger partial charge in [0, 0.05) is 26.1 Å². The van der Waals surface area contributed by atoms with Gasteiger partial charge in [-0.25, -0.2) is 4.79 Å². The fourth-order valence-corrected chi connectivity index (χ4v) is 1.93. The third-order valence-corrected chi connectivity index (χ3v) is 2.61. The molecule has 19 heavy (non-hydrogen) atoms. The summed E-state index contributed by atoms with van der Waals surface area (Å²) in [6, 6.07) is -0.246. The Kier molecular flexibility index (Phi) is 7.44. The van der Waals surface area contributed by atoms with Gasteiger partial charge in [0.2, 0.25) is 0 Å². The second-order valence-corrected chi connectivity index (χ2v) is 6.17. The van der Waals surface area contributed by atoms with Crippen molar-refractivity contribution in [1.82, 2.24) is 15.5 Å². The van der Waals surface area contributed by atoms with Crippen LogP contribution in [-0.2, 0) is 4.79 Å². The Morgan fingerprint density at radius 3 is 2.32 bits per heavy atom. The number of carboxylic acid groups (broad SMARTS) is 1. The highest BCUT2D eigenvalue weighted by molar-refractivity contribution is 5.74. The van der Waals surface area contributed by atoms with E-state index >= 15 is 0 Å². The molecule has 0 aromatic carbocycles. The van der Waals surface area contributed by atoms with Crippen LogP contribution >= 0.6 is 0 Å². The van der Waals surface area contributed by atoms with Gasteiger partial charge in [0.1, 0.15) is 0 Å². The SMILES string of the molecule is CC(CNC(=O)NCC(C)(C)CN(C)C)CC(=O)O. The van der Waals surface area contributed by atoms with Gasteiger partial charge >= 0.3 is 12.0 Å². The molecule has 0 spiro atoms. The predicted molar refractivity (Wildman–Crippen MR) is 75.2 cm³/mol. The van der Waals surface area contributed by atoms with Crippen molar-refractivity contribution in [3.63, 3.8) is 0 Å². The second-order valence-electron chi connectivity index (χ2n) is 6.17. The maximum absolute atomic E-state index is 11.6. The molecule has 112 valence electrons. The summed E-state index contributed by atoms with van der Waals surface area (Å²) in [4.78, 5) is 24.1. The van der Waals surface area contributed by atoms with Gasteiger partial charge in [-0.3, -0.25) is 4.79 Å². The molecule has 1 atom stereocenters. The molecule has 1 unspecified atom stereocenters. The summed E-state index contributed by atoms with van der Waals surface area (Å²) in [6.07, 6.45) is 0.0619. The third kappa shape index (κ3) is 10.3. The first kappa shape index (κ1) is 17.7. The number of carbonyl (C=O) groups is 2. The van der Waals surface area contributed by atoms with Crippen LogP contribution in [0.5, 0.6) is 0 Å². The van der Waals surface area contributed by atoms with Crippen LogP contribution in [0.2, 0.25) is 0 Å². The zero-order chi connectivity index (χ0) is 15.1. The van der Waals surface area contributed by atoms with E-state index in [4.69, 9.17) is 5.11 Å². The molecule has 0 aliphatic heterocycles. The molecule has 6 nitrogen and oxygen atoms in total. The van der Waals surface area contributed by atoms with Gasteiger partial charge < -0.3 is 20.6 Å². The average molecular weight is 273 g/mol. The minimum absolute atomic E-state index is 0.00643. The number of aliphatic carboxylic acids is 1. The van der Waals surface area contributed by atoms with Crippen molar-refractivity contribution in [3.05, 3.63) is 0 Å². The van der Waals surface area contributed by atoms with Crippen LogP contribution in [0.4, 0.5) is 4.79 Å². The summed E-state index contributed by atoms with van der Waals surface area (Å²) in [5.41, 5.74) is -0.00643. The number of nitrogens with zero attached hydrogens (tertiary/aromatic N) is 1. The summed E-state index contributed by atoms with van der Waals surface area (Å²) in [5, 5.41) is 14.1. The zero-order valence-corrected chi connectivity index (χ0v) is 12.6. The molecule has 6 heteroatoms. The van der Waals surface area contributed by atoms with Crippen LogP contribution in [-0.4, -0.2) is 55.7 Å². The Hall–Kier alpha value is -1.30. The first-order chi connectivity index (χ1) is 8.62. The standard InChI is InChI=1S/C13H27N3O3/c1-10(6-11(17)18)7-14-12(19)15-8-13(2,3)9-16(4)5/h10H,6-9H2,1-5H3,(H,17,18)(H2,14,15,19). The smallest absolute Gasteiger partial charge is 0.314 e. The van der Waals surface area contributed by atoms with E-state index in [1.54, 1.807) is 6.92 Å². The number of hydrogen-bond acceptors (Lipinski definition) is 3. The maximum Gasteiger partial charge on any atom is 0.314 e. The Morgan fingerprint density at radius 1 is 1.26 bits per heavy atom. The molecule has 0 bridgehead atoms. The van der Waals surface area contributed by atoms with Crippen LogP contribution in [0.1, 0.15) is 27.2 Å². The summed E-state index contributed by atoms with van der Waals surface area (Å²) in [5.74, 6) is -0.917. The van der Waals surface area contributed by atoms with Crippen LogP contribution in [0.25, 0.3) is 0 Å². The molecule has 0 radical (unpaired) electrons. The highest BCUT2D eigenvalue weighted by Crippen LogP contribution is 2.13. The Morgan fingerprint density at radius 2 is 1.84 bits per heavy atom. The minimum Gasteiger partial charge on any atom is -0.481 e. The van der Waals surface area contributed by atoms with Gasteiger partial charge in [-0.05, 0) is 25.4 Å². The lowest BCUT2D eigenvalue weighted by atomic mass is 9.93. The summed E-state index contributed by atoms with van der Waals surface area (Å²) in [7, 11) is 3.99. The number of carboxylic acids is 1. The Labute approximate surface area is 115 Å². The molecule has 0 fully saturated rings. The molecular weight excluding hydrogens is 246 g/mol. The van der Waals surface area contributed by atoms with E-state index in [1.807, 2.05) is 14.1 Å². The molecule has 0 heterocycles. The Bertz CT molecular complexity index is 304. The minimum atomic E-state index is -0.846. The van der Waals surface area contributed by atoms with Crippen molar-refractivity contribution in [3.8, 4) is 0 Å². The predicted octanol–water partition coefficient (Wildman–Crippen LogP) is 0.984. The Balaban J connectivity index is 3.90. The maximum atomic E-state index is 11.6. The number of rotatable bonds is 8. The fraction of sp³-hybridized carbons (Fsp3) is 0.846. The van der Waals surface area contributed by atoms with E-state index in [-0.39, 0.29) is 23.8 Å². The number of nitrogens with one attached hydrogen (secondary N) is 2. The highest BCUT2D eigenvalue weighted by Gasteiger charge is 2.19. The van der Waals surface area contributed by atoms with Crippen molar-refractivity contribution in [2.75, 3.05) is 33.7 Å². The van der Waals surface area contributed by atoms with Crippen molar-refractivity contribution in [2.24, 2.45) is 11.3 Å². The topological polar surface area (TPSA) is 81.7 Å². The van der Waals surface area contributed by atoms with Gasteiger partial charge in [-0.2, -0.15) is 0 Å². The molecule has 0 aliphatic carbocycles. The number of carbonyl (C=O) groups excluding carboxylic acids is 1. The van der Waals surface area contributed by atoms with Gasteiger partial charge in [0.15, 0.2) is 0 Å². The molecule has 0 aromatic heterocycles. The van der Waals surface area contributed by atoms with Crippen LogP contribution in [0.3, 0.4) is 0 Å². The molecule has 3 N–H and O–H groups in total. The average Bonchev–Trinajstić information content (AvgIpc) is 2.21. The summed E-state index contributed by atoms with van der Waals surface area (Å²) >= 11 is 0. The highest BCUT2D eigenvalue weighted by atomic mass is 16.4. The molecule has 0 aliphatic rings. The number of urea groups is 1. The third-order valence-electron chi connectivity index (χ3n) is 2.61. The van der Waals surface area contributed by atoms with Crippen molar-refractivity contribution in [2.45, 2.75) is 27.2 Å². The van der Waals surface area contributed by atoms with Crippen molar-refractivity contribution < 1.29 is 14.7 Å². The van der Waals surface area contributed by atoms with Gasteiger partial charge in [0.05, 0.1) is 0 Å². The lowest BCUT2D eigenvalue weighted by Crippen LogP contribution is -2.44. The molecule has 0 saturated carbocycles. The van der Waals surface area contributed by atoms with Crippen molar-refractivity contribution in [1.29, 1.82) is 0 Å². The van der Waals surface area contributed by atoms with Crippen molar-refractivity contribution >= 4 is 12.0 Å². The first-order valence-electron chi connectivity index (χ1n) is 6.50. The molecule has 2 amide bonds. The van der Waals surface area contributed by atoms with Gasteiger partial charge in [-0.1, -0.05) is 20.8 Å². The molecule has 0 rings (SSSR count). The monoisotopic (exact) mass is 273 g/mol. The number of amides is 2. The van der Waals surface area contributed by atoms with Gasteiger partial charge in [-0.15, -0.1) is 0 Å². The largest absolute Gasteiger partial charge is 0.481 e. The normalized spacial score (nSPS) is 13.2. The van der Waals surface area contributed by atoms with Crippen LogP contribution in [0.15, 0.2) is 0 Å². The number of hydrogen-bond donors (Lipinski definition) is 3. The lowest BCUT2D eigenvalue weighted by Gasteiger charge is -2.28. The molecule has 0 aromatic rings. The zero-order valence-electron chi connectivity index (χ0n) is 12.6.